The maximum absolute atomic E-state index is 5.75. The van der Waals surface area contributed by atoms with Gasteiger partial charge in [-0.2, -0.15) is 0 Å². The molecule has 124 valence electrons. The summed E-state index contributed by atoms with van der Waals surface area (Å²) in [4.78, 5) is 0. The Kier molecular flexibility index (Phi) is 2.96. The van der Waals surface area contributed by atoms with Crippen LogP contribution in [0.4, 0.5) is 0 Å². The van der Waals surface area contributed by atoms with Crippen LogP contribution < -0.4 is 0 Å². The molecule has 0 amide bonds. The highest BCUT2D eigenvalue weighted by atomic mass is 16.7. The Morgan fingerprint density at radius 3 is 2.04 bits per heavy atom. The Morgan fingerprint density at radius 2 is 1.33 bits per heavy atom. The van der Waals surface area contributed by atoms with Crippen molar-refractivity contribution in [3.8, 4) is 0 Å². The summed E-state index contributed by atoms with van der Waals surface area (Å²) in [6.45, 7) is 4.98. The molecule has 5 rings (SSSR count). The first-order chi connectivity index (χ1) is 11.8. The van der Waals surface area contributed by atoms with E-state index < -0.39 is 0 Å². The second-order valence-electron chi connectivity index (χ2n) is 6.74. The number of allylic oxidation sites excluding steroid dienone is 8. The standard InChI is InChI=1S/C20H20O4/c1-3-12-8-16(20-18(12)22-10-24-20)14-5-4-13(7-14)15-6-11(2)17-19(15)23-9-21-17/h4-5H,3,6-10H2,1-2H3. The van der Waals surface area contributed by atoms with Gasteiger partial charge in [-0.1, -0.05) is 19.1 Å². The van der Waals surface area contributed by atoms with E-state index in [1.807, 2.05) is 0 Å². The minimum absolute atomic E-state index is 0.340. The SMILES string of the molecule is CCC1=C2OCOC2=C(C2=CC=C(C3=C4OCOC4=C(C)C3)C2)C1. The monoisotopic (exact) mass is 324 g/mol. The molecule has 0 atom stereocenters. The molecule has 0 bridgehead atoms. The second-order valence-corrected chi connectivity index (χ2v) is 6.74. The molecular formula is C20H20O4. The topological polar surface area (TPSA) is 36.9 Å². The Morgan fingerprint density at radius 1 is 0.750 bits per heavy atom. The summed E-state index contributed by atoms with van der Waals surface area (Å²) < 4.78 is 22.7. The molecule has 0 N–H and O–H groups in total. The van der Waals surface area contributed by atoms with Gasteiger partial charge in [0.2, 0.25) is 13.6 Å². The van der Waals surface area contributed by atoms with E-state index in [9.17, 15) is 0 Å². The predicted octanol–water partition coefficient (Wildman–Crippen LogP) is 4.51. The molecule has 5 aliphatic rings. The molecule has 0 aromatic heterocycles. The van der Waals surface area contributed by atoms with Crippen LogP contribution >= 0.6 is 0 Å². The van der Waals surface area contributed by atoms with Crippen molar-refractivity contribution in [1.82, 2.24) is 0 Å². The Hall–Kier alpha value is -2.36. The summed E-state index contributed by atoms with van der Waals surface area (Å²) in [5, 5.41) is 0. The molecule has 2 heterocycles. The van der Waals surface area contributed by atoms with Gasteiger partial charge in [-0.15, -0.1) is 0 Å². The Bertz CT molecular complexity index is 830. The van der Waals surface area contributed by atoms with Crippen LogP contribution in [0.1, 0.15) is 39.5 Å². The van der Waals surface area contributed by atoms with Crippen molar-refractivity contribution >= 4 is 0 Å². The average molecular weight is 324 g/mol. The van der Waals surface area contributed by atoms with E-state index in [0.29, 0.717) is 13.6 Å². The number of hydrogen-bond acceptors (Lipinski definition) is 4. The molecule has 4 nitrogen and oxygen atoms in total. The van der Waals surface area contributed by atoms with E-state index in [2.05, 4.69) is 26.0 Å². The van der Waals surface area contributed by atoms with Crippen molar-refractivity contribution in [3.05, 3.63) is 68.6 Å². The molecule has 3 aliphatic carbocycles. The Labute approximate surface area is 141 Å². The van der Waals surface area contributed by atoms with Crippen LogP contribution in [0.15, 0.2) is 68.6 Å². The normalized spacial score (nSPS) is 24.8. The molecule has 24 heavy (non-hydrogen) atoms. The van der Waals surface area contributed by atoms with Gasteiger partial charge in [-0.05, 0) is 42.1 Å². The summed E-state index contributed by atoms with van der Waals surface area (Å²) >= 11 is 0. The van der Waals surface area contributed by atoms with E-state index in [0.717, 1.165) is 48.7 Å². The fourth-order valence-electron chi connectivity index (χ4n) is 4.13. The lowest BCUT2D eigenvalue weighted by Gasteiger charge is -2.10. The van der Waals surface area contributed by atoms with Crippen molar-refractivity contribution in [2.75, 3.05) is 13.6 Å². The summed E-state index contributed by atoms with van der Waals surface area (Å²) in [6, 6.07) is 0. The zero-order valence-corrected chi connectivity index (χ0v) is 14.0. The molecule has 0 saturated carbocycles. The van der Waals surface area contributed by atoms with Gasteiger partial charge in [0.1, 0.15) is 0 Å². The van der Waals surface area contributed by atoms with Crippen LogP contribution in [0.5, 0.6) is 0 Å². The Balaban J connectivity index is 1.39. The highest BCUT2D eigenvalue weighted by Gasteiger charge is 2.36. The number of fused-ring (bicyclic) bond motifs is 2. The quantitative estimate of drug-likeness (QED) is 0.765. The third kappa shape index (κ3) is 1.86. The minimum atomic E-state index is 0.340. The zero-order valence-electron chi connectivity index (χ0n) is 14.0. The van der Waals surface area contributed by atoms with Crippen molar-refractivity contribution in [2.24, 2.45) is 0 Å². The zero-order chi connectivity index (χ0) is 16.3. The van der Waals surface area contributed by atoms with Gasteiger partial charge < -0.3 is 18.9 Å². The van der Waals surface area contributed by atoms with E-state index in [4.69, 9.17) is 18.9 Å². The van der Waals surface area contributed by atoms with Gasteiger partial charge in [0.25, 0.3) is 0 Å². The molecule has 0 aromatic rings. The highest BCUT2D eigenvalue weighted by molar-refractivity contribution is 5.60. The molecule has 0 spiro atoms. The van der Waals surface area contributed by atoms with E-state index >= 15 is 0 Å². The molecule has 0 unspecified atom stereocenters. The molecule has 2 fully saturated rings. The summed E-state index contributed by atoms with van der Waals surface area (Å²) in [5.41, 5.74) is 7.86. The third-order valence-corrected chi connectivity index (χ3v) is 5.38. The summed E-state index contributed by atoms with van der Waals surface area (Å²) in [7, 11) is 0. The second kappa shape index (κ2) is 5.07. The first-order valence-electron chi connectivity index (χ1n) is 8.56. The minimum Gasteiger partial charge on any atom is -0.454 e. The number of ether oxygens (including phenoxy) is 4. The van der Waals surface area contributed by atoms with Gasteiger partial charge in [0.15, 0.2) is 23.0 Å². The lowest BCUT2D eigenvalue weighted by Crippen LogP contribution is -1.96. The van der Waals surface area contributed by atoms with Crippen LogP contribution in [0.2, 0.25) is 0 Å². The molecule has 0 radical (unpaired) electrons. The lowest BCUT2D eigenvalue weighted by molar-refractivity contribution is 0.0946. The molecule has 2 aliphatic heterocycles. The fraction of sp³-hybridized carbons (Fsp3) is 0.400. The third-order valence-electron chi connectivity index (χ3n) is 5.38. The van der Waals surface area contributed by atoms with E-state index in [-0.39, 0.29) is 0 Å². The predicted molar refractivity (Wildman–Crippen MR) is 88.2 cm³/mol. The van der Waals surface area contributed by atoms with Gasteiger partial charge in [0.05, 0.1) is 0 Å². The highest BCUT2D eigenvalue weighted by Crippen LogP contribution is 2.47. The summed E-state index contributed by atoms with van der Waals surface area (Å²) in [6.07, 6.45) is 8.26. The van der Waals surface area contributed by atoms with Crippen LogP contribution in [0.3, 0.4) is 0 Å². The largest absolute Gasteiger partial charge is 0.454 e. The first kappa shape index (κ1) is 14.0. The van der Waals surface area contributed by atoms with Crippen molar-refractivity contribution in [2.45, 2.75) is 39.5 Å². The number of hydrogen-bond donors (Lipinski definition) is 0. The van der Waals surface area contributed by atoms with Crippen LogP contribution in [-0.4, -0.2) is 13.6 Å². The van der Waals surface area contributed by atoms with Gasteiger partial charge in [-0.3, -0.25) is 0 Å². The molecular weight excluding hydrogens is 304 g/mol. The van der Waals surface area contributed by atoms with E-state index in [1.54, 1.807) is 0 Å². The molecule has 0 aromatic carbocycles. The van der Waals surface area contributed by atoms with Gasteiger partial charge in [-0.25, -0.2) is 0 Å². The molecule has 4 heteroatoms. The average Bonchev–Trinajstić information content (AvgIpc) is 3.36. The fourth-order valence-corrected chi connectivity index (χ4v) is 4.13. The lowest BCUT2D eigenvalue weighted by atomic mass is 9.95. The van der Waals surface area contributed by atoms with Crippen molar-refractivity contribution in [3.63, 3.8) is 0 Å². The smallest absolute Gasteiger partial charge is 0.231 e. The van der Waals surface area contributed by atoms with E-state index in [1.165, 1.54) is 33.4 Å². The van der Waals surface area contributed by atoms with Gasteiger partial charge >= 0.3 is 0 Å². The van der Waals surface area contributed by atoms with Crippen LogP contribution in [0.25, 0.3) is 0 Å². The van der Waals surface area contributed by atoms with Gasteiger partial charge in [0, 0.05) is 24.0 Å². The van der Waals surface area contributed by atoms with Crippen LogP contribution in [0, 0.1) is 0 Å². The molecule has 2 saturated heterocycles. The van der Waals surface area contributed by atoms with Crippen molar-refractivity contribution < 1.29 is 18.9 Å². The van der Waals surface area contributed by atoms with Crippen molar-refractivity contribution in [1.29, 1.82) is 0 Å². The first-order valence-corrected chi connectivity index (χ1v) is 8.56. The van der Waals surface area contributed by atoms with Crippen LogP contribution in [-0.2, 0) is 18.9 Å². The maximum Gasteiger partial charge on any atom is 0.231 e. The maximum atomic E-state index is 5.75. The number of rotatable bonds is 3. The summed E-state index contributed by atoms with van der Waals surface area (Å²) in [5.74, 6) is 3.85.